The molecule has 1 aliphatic heterocycles. The molecule has 0 atom stereocenters. The number of nitrogens with zero attached hydrogens (tertiary/aromatic N) is 3. The van der Waals surface area contributed by atoms with Gasteiger partial charge >= 0.3 is 6.36 Å². The summed E-state index contributed by atoms with van der Waals surface area (Å²) in [5, 5.41) is 12.0. The minimum Gasteiger partial charge on any atom is -0.420 e. The van der Waals surface area contributed by atoms with Crippen molar-refractivity contribution in [2.24, 2.45) is 0 Å². The molecule has 0 bridgehead atoms. The maximum absolute atomic E-state index is 12.8. The SMILES string of the molecule is O=S(=O)(c1ccc(OC(F)(F)F)cc1)N1CCC(c2nnc(-c3ccsc3)o2)CC1. The molecule has 0 unspecified atom stereocenters. The number of hydrogen-bond donors (Lipinski definition) is 0. The summed E-state index contributed by atoms with van der Waals surface area (Å²) in [5.74, 6) is 0.376. The highest BCUT2D eigenvalue weighted by Crippen LogP contribution is 2.32. The van der Waals surface area contributed by atoms with Crippen molar-refractivity contribution in [1.29, 1.82) is 0 Å². The van der Waals surface area contributed by atoms with Gasteiger partial charge in [0.05, 0.1) is 4.90 Å². The number of halogens is 3. The molecule has 0 radical (unpaired) electrons. The smallest absolute Gasteiger partial charge is 0.420 e. The highest BCUT2D eigenvalue weighted by Gasteiger charge is 2.33. The third-order valence-corrected chi connectivity index (χ3v) is 7.30. The third-order valence-electron chi connectivity index (χ3n) is 4.71. The standard InChI is InChI=1S/C18H16F3N3O4S2/c19-18(20,21)28-14-1-3-15(4-2-14)30(25,26)24-8-5-12(6-9-24)16-22-23-17(27-16)13-7-10-29-11-13/h1-4,7,10-12H,5-6,8-9H2. The number of aromatic nitrogens is 2. The molecule has 3 heterocycles. The number of benzene rings is 1. The highest BCUT2D eigenvalue weighted by atomic mass is 32.2. The van der Waals surface area contributed by atoms with Crippen molar-refractivity contribution in [1.82, 2.24) is 14.5 Å². The van der Waals surface area contributed by atoms with Gasteiger partial charge in [-0.15, -0.1) is 23.4 Å². The van der Waals surface area contributed by atoms with E-state index in [1.54, 1.807) is 0 Å². The lowest BCUT2D eigenvalue weighted by Crippen LogP contribution is -2.37. The fourth-order valence-corrected chi connectivity index (χ4v) is 5.31. The van der Waals surface area contributed by atoms with Crippen LogP contribution in [-0.2, 0) is 10.0 Å². The third kappa shape index (κ3) is 4.50. The van der Waals surface area contributed by atoms with Crippen molar-refractivity contribution in [3.63, 3.8) is 0 Å². The summed E-state index contributed by atoms with van der Waals surface area (Å²) in [5.41, 5.74) is 0.844. The second kappa shape index (κ2) is 8.00. The van der Waals surface area contributed by atoms with Crippen molar-refractivity contribution in [3.8, 4) is 17.2 Å². The lowest BCUT2D eigenvalue weighted by molar-refractivity contribution is -0.274. The zero-order valence-electron chi connectivity index (χ0n) is 15.4. The van der Waals surface area contributed by atoms with Crippen LogP contribution < -0.4 is 4.74 Å². The Kier molecular flexibility index (Phi) is 5.55. The molecule has 1 aliphatic rings. The van der Waals surface area contributed by atoms with Gasteiger partial charge in [-0.25, -0.2) is 8.42 Å². The molecule has 2 aromatic heterocycles. The van der Waals surface area contributed by atoms with Crippen molar-refractivity contribution in [2.75, 3.05) is 13.1 Å². The maximum Gasteiger partial charge on any atom is 0.573 e. The van der Waals surface area contributed by atoms with Crippen molar-refractivity contribution < 1.29 is 30.7 Å². The van der Waals surface area contributed by atoms with Crippen molar-refractivity contribution in [3.05, 3.63) is 47.0 Å². The predicted octanol–water partition coefficient (Wildman–Crippen LogP) is 4.27. The van der Waals surface area contributed by atoms with Crippen LogP contribution in [0.5, 0.6) is 5.75 Å². The molecule has 7 nitrogen and oxygen atoms in total. The van der Waals surface area contributed by atoms with E-state index in [0.29, 0.717) is 24.6 Å². The van der Waals surface area contributed by atoms with E-state index in [0.717, 1.165) is 29.8 Å². The highest BCUT2D eigenvalue weighted by molar-refractivity contribution is 7.89. The minimum absolute atomic E-state index is 0.0566. The molecule has 4 rings (SSSR count). The average Bonchev–Trinajstić information content (AvgIpc) is 3.39. The number of sulfonamides is 1. The van der Waals surface area contributed by atoms with E-state index >= 15 is 0 Å². The molecular weight excluding hydrogens is 443 g/mol. The molecule has 0 saturated carbocycles. The molecule has 30 heavy (non-hydrogen) atoms. The van der Waals surface area contributed by atoms with Crippen LogP contribution in [0.15, 0.2) is 50.4 Å². The summed E-state index contributed by atoms with van der Waals surface area (Å²) in [4.78, 5) is -0.0898. The van der Waals surface area contributed by atoms with Gasteiger partial charge in [0, 0.05) is 30.0 Å². The summed E-state index contributed by atoms with van der Waals surface area (Å²) in [6, 6.07) is 6.05. The Labute approximate surface area is 174 Å². The first kappa shape index (κ1) is 20.8. The van der Waals surface area contributed by atoms with Crippen LogP contribution in [0, 0.1) is 0 Å². The summed E-state index contributed by atoms with van der Waals surface area (Å²) < 4.78 is 73.2. The zero-order valence-corrected chi connectivity index (χ0v) is 17.0. The Morgan fingerprint density at radius 2 is 1.80 bits per heavy atom. The molecule has 1 saturated heterocycles. The molecule has 160 valence electrons. The molecular formula is C18H16F3N3O4S2. The monoisotopic (exact) mass is 459 g/mol. The van der Waals surface area contributed by atoms with E-state index in [-0.39, 0.29) is 23.9 Å². The Morgan fingerprint density at radius 3 is 2.40 bits per heavy atom. The topological polar surface area (TPSA) is 85.5 Å². The van der Waals surface area contributed by atoms with Gasteiger partial charge < -0.3 is 9.15 Å². The van der Waals surface area contributed by atoms with E-state index < -0.39 is 22.1 Å². The normalized spacial score (nSPS) is 16.6. The number of thiophene rings is 1. The van der Waals surface area contributed by atoms with Crippen molar-refractivity contribution in [2.45, 2.75) is 30.0 Å². The number of hydrogen-bond acceptors (Lipinski definition) is 7. The first-order chi connectivity index (χ1) is 14.2. The molecule has 0 amide bonds. The van der Waals surface area contributed by atoms with Crippen LogP contribution >= 0.6 is 11.3 Å². The summed E-state index contributed by atoms with van der Waals surface area (Å²) >= 11 is 1.52. The summed E-state index contributed by atoms with van der Waals surface area (Å²) in [6.45, 7) is 0.480. The minimum atomic E-state index is -4.83. The Hall–Kier alpha value is -2.44. The van der Waals surface area contributed by atoms with E-state index in [1.807, 2.05) is 16.8 Å². The van der Waals surface area contributed by atoms with Gasteiger partial charge in [0.2, 0.25) is 21.8 Å². The molecule has 0 aliphatic carbocycles. The van der Waals surface area contributed by atoms with Gasteiger partial charge in [0.1, 0.15) is 5.75 Å². The van der Waals surface area contributed by atoms with Crippen LogP contribution in [0.4, 0.5) is 13.2 Å². The van der Waals surface area contributed by atoms with E-state index in [1.165, 1.54) is 15.6 Å². The molecule has 1 aromatic carbocycles. The molecule has 1 fully saturated rings. The molecule has 0 spiro atoms. The van der Waals surface area contributed by atoms with Crippen LogP contribution in [0.1, 0.15) is 24.7 Å². The maximum atomic E-state index is 12.8. The Morgan fingerprint density at radius 1 is 1.10 bits per heavy atom. The fraction of sp³-hybridized carbons (Fsp3) is 0.333. The van der Waals surface area contributed by atoms with Gasteiger partial charge in [0.15, 0.2) is 0 Å². The van der Waals surface area contributed by atoms with Gasteiger partial charge in [-0.3, -0.25) is 0 Å². The Balaban J connectivity index is 1.40. The number of rotatable bonds is 5. The van der Waals surface area contributed by atoms with E-state index in [4.69, 9.17) is 4.42 Å². The second-order valence-corrected chi connectivity index (χ2v) is 9.37. The first-order valence-corrected chi connectivity index (χ1v) is 11.3. The lowest BCUT2D eigenvalue weighted by atomic mass is 9.98. The van der Waals surface area contributed by atoms with Crippen LogP contribution in [-0.4, -0.2) is 42.4 Å². The lowest BCUT2D eigenvalue weighted by Gasteiger charge is -2.29. The van der Waals surface area contributed by atoms with Crippen LogP contribution in [0.2, 0.25) is 0 Å². The number of piperidine rings is 1. The van der Waals surface area contributed by atoms with Crippen LogP contribution in [0.3, 0.4) is 0 Å². The molecule has 12 heteroatoms. The average molecular weight is 459 g/mol. The van der Waals surface area contributed by atoms with E-state index in [9.17, 15) is 21.6 Å². The second-order valence-electron chi connectivity index (χ2n) is 6.66. The predicted molar refractivity (Wildman–Crippen MR) is 101 cm³/mol. The van der Waals surface area contributed by atoms with Gasteiger partial charge in [-0.05, 0) is 48.6 Å². The summed E-state index contributed by atoms with van der Waals surface area (Å²) in [6.07, 6.45) is -3.83. The van der Waals surface area contributed by atoms with E-state index in [2.05, 4.69) is 14.9 Å². The van der Waals surface area contributed by atoms with Gasteiger partial charge in [-0.1, -0.05) is 0 Å². The summed E-state index contributed by atoms with van der Waals surface area (Å²) in [7, 11) is -3.83. The quantitative estimate of drug-likeness (QED) is 0.567. The number of alkyl halides is 3. The van der Waals surface area contributed by atoms with Crippen LogP contribution in [0.25, 0.3) is 11.5 Å². The van der Waals surface area contributed by atoms with Gasteiger partial charge in [0.25, 0.3) is 0 Å². The first-order valence-electron chi connectivity index (χ1n) is 8.94. The zero-order chi connectivity index (χ0) is 21.4. The largest absolute Gasteiger partial charge is 0.573 e. The fourth-order valence-electron chi connectivity index (χ4n) is 3.21. The number of ether oxygens (including phenoxy) is 1. The molecule has 3 aromatic rings. The Bertz CT molecular complexity index is 1090. The molecule has 0 N–H and O–H groups in total. The van der Waals surface area contributed by atoms with Gasteiger partial charge in [-0.2, -0.15) is 15.6 Å². The van der Waals surface area contributed by atoms with Crippen molar-refractivity contribution >= 4 is 21.4 Å².